The number of hydrogen-bond donors (Lipinski definition) is 0. The molecule has 1 aliphatic heterocycles. The van der Waals surface area contributed by atoms with Gasteiger partial charge in [0.1, 0.15) is 5.56 Å². The van der Waals surface area contributed by atoms with Crippen molar-refractivity contribution >= 4 is 5.91 Å². The van der Waals surface area contributed by atoms with Gasteiger partial charge >= 0.3 is 0 Å². The second-order valence-corrected chi connectivity index (χ2v) is 5.20. The first kappa shape index (κ1) is 14.5. The molecule has 2 aromatic heterocycles. The van der Waals surface area contributed by atoms with E-state index in [1.807, 2.05) is 30.0 Å². The lowest BCUT2D eigenvalue weighted by Gasteiger charge is -2.24. The zero-order valence-corrected chi connectivity index (χ0v) is 12.6. The van der Waals surface area contributed by atoms with Crippen LogP contribution in [0.4, 0.5) is 0 Å². The summed E-state index contributed by atoms with van der Waals surface area (Å²) in [5.41, 5.74) is 1.46. The Bertz CT molecular complexity index is 645. The molecule has 0 bridgehead atoms. The van der Waals surface area contributed by atoms with E-state index in [2.05, 4.69) is 9.97 Å². The highest BCUT2D eigenvalue weighted by atomic mass is 16.5. The normalized spacial score (nSPS) is 17.5. The Morgan fingerprint density at radius 1 is 1.27 bits per heavy atom. The summed E-state index contributed by atoms with van der Waals surface area (Å²) in [6.45, 7) is 3.11. The number of carbonyl (C=O) groups is 1. The largest absolute Gasteiger partial charge is 0.477 e. The third-order valence-electron chi connectivity index (χ3n) is 3.83. The van der Waals surface area contributed by atoms with Gasteiger partial charge in [-0.3, -0.25) is 9.78 Å². The number of amides is 1. The van der Waals surface area contributed by atoms with Crippen molar-refractivity contribution in [1.29, 1.82) is 0 Å². The standard InChI is InChI=1S/C17H19N3O2/c1-2-22-16-13(7-5-11-19-16)17(21)20-12-6-9-15(20)14-8-3-4-10-18-14/h3-5,7-8,10-11,15H,2,6,9,12H2,1H3/t15-/m0/s1. The highest BCUT2D eigenvalue weighted by molar-refractivity contribution is 5.96. The summed E-state index contributed by atoms with van der Waals surface area (Å²) in [5.74, 6) is 0.367. The number of nitrogens with zero attached hydrogens (tertiary/aromatic N) is 3. The second-order valence-electron chi connectivity index (χ2n) is 5.20. The molecule has 0 spiro atoms. The fourth-order valence-electron chi connectivity index (χ4n) is 2.85. The number of hydrogen-bond acceptors (Lipinski definition) is 4. The Hall–Kier alpha value is -2.43. The van der Waals surface area contributed by atoms with Crippen LogP contribution in [0.1, 0.15) is 41.9 Å². The molecular weight excluding hydrogens is 278 g/mol. The van der Waals surface area contributed by atoms with E-state index in [1.165, 1.54) is 0 Å². The van der Waals surface area contributed by atoms with Crippen molar-refractivity contribution in [2.45, 2.75) is 25.8 Å². The molecule has 3 rings (SSSR count). The summed E-state index contributed by atoms with van der Waals surface area (Å²) >= 11 is 0. The van der Waals surface area contributed by atoms with Gasteiger partial charge in [0, 0.05) is 18.9 Å². The van der Waals surface area contributed by atoms with E-state index in [0.717, 1.165) is 25.1 Å². The van der Waals surface area contributed by atoms with Crippen molar-refractivity contribution < 1.29 is 9.53 Å². The molecule has 5 heteroatoms. The fourth-order valence-corrected chi connectivity index (χ4v) is 2.85. The first-order valence-corrected chi connectivity index (χ1v) is 7.61. The van der Waals surface area contributed by atoms with Crippen LogP contribution in [-0.2, 0) is 0 Å². The zero-order chi connectivity index (χ0) is 15.4. The molecule has 3 heterocycles. The van der Waals surface area contributed by atoms with Crippen LogP contribution in [0.2, 0.25) is 0 Å². The third-order valence-corrected chi connectivity index (χ3v) is 3.83. The molecule has 1 atom stereocenters. The second kappa shape index (κ2) is 6.56. The monoisotopic (exact) mass is 297 g/mol. The van der Waals surface area contributed by atoms with Gasteiger partial charge in [-0.15, -0.1) is 0 Å². The maximum absolute atomic E-state index is 12.9. The Morgan fingerprint density at radius 2 is 2.14 bits per heavy atom. The van der Waals surface area contributed by atoms with E-state index in [1.54, 1.807) is 24.5 Å². The summed E-state index contributed by atoms with van der Waals surface area (Å²) in [4.78, 5) is 23.4. The summed E-state index contributed by atoms with van der Waals surface area (Å²) < 4.78 is 5.48. The molecule has 5 nitrogen and oxygen atoms in total. The molecule has 114 valence electrons. The van der Waals surface area contributed by atoms with Gasteiger partial charge < -0.3 is 9.64 Å². The maximum Gasteiger partial charge on any atom is 0.259 e. The Labute approximate surface area is 130 Å². The molecule has 0 N–H and O–H groups in total. The molecule has 0 radical (unpaired) electrons. The van der Waals surface area contributed by atoms with Crippen molar-refractivity contribution in [3.05, 3.63) is 54.0 Å². The van der Waals surface area contributed by atoms with Crippen molar-refractivity contribution in [1.82, 2.24) is 14.9 Å². The molecule has 1 saturated heterocycles. The number of carbonyl (C=O) groups excluding carboxylic acids is 1. The van der Waals surface area contributed by atoms with Crippen molar-refractivity contribution in [3.63, 3.8) is 0 Å². The lowest BCUT2D eigenvalue weighted by atomic mass is 10.1. The molecule has 1 amide bonds. The van der Waals surface area contributed by atoms with Gasteiger partial charge in [0.2, 0.25) is 5.88 Å². The van der Waals surface area contributed by atoms with E-state index >= 15 is 0 Å². The van der Waals surface area contributed by atoms with Gasteiger partial charge in [0.15, 0.2) is 0 Å². The quantitative estimate of drug-likeness (QED) is 0.870. The molecule has 2 aromatic rings. The predicted molar refractivity (Wildman–Crippen MR) is 82.7 cm³/mol. The number of aromatic nitrogens is 2. The summed E-state index contributed by atoms with van der Waals surface area (Å²) in [6.07, 6.45) is 5.33. The van der Waals surface area contributed by atoms with E-state index < -0.39 is 0 Å². The SMILES string of the molecule is CCOc1ncccc1C(=O)N1CCC[C@H]1c1ccccn1. The molecule has 0 aromatic carbocycles. The van der Waals surface area contributed by atoms with Crippen LogP contribution >= 0.6 is 0 Å². The summed E-state index contributed by atoms with van der Waals surface area (Å²) in [5, 5.41) is 0. The minimum atomic E-state index is -0.0373. The van der Waals surface area contributed by atoms with Gasteiger partial charge in [0.25, 0.3) is 5.91 Å². The maximum atomic E-state index is 12.9. The highest BCUT2D eigenvalue weighted by Gasteiger charge is 2.32. The summed E-state index contributed by atoms with van der Waals surface area (Å²) in [7, 11) is 0. The number of likely N-dealkylation sites (tertiary alicyclic amines) is 1. The Morgan fingerprint density at radius 3 is 2.91 bits per heavy atom. The van der Waals surface area contributed by atoms with E-state index in [9.17, 15) is 4.79 Å². The van der Waals surface area contributed by atoms with Crippen LogP contribution < -0.4 is 4.74 Å². The molecule has 0 aliphatic carbocycles. The predicted octanol–water partition coefficient (Wildman–Crippen LogP) is 2.85. The van der Waals surface area contributed by atoms with Gasteiger partial charge in [-0.05, 0) is 44.0 Å². The van der Waals surface area contributed by atoms with Crippen LogP contribution in [0.15, 0.2) is 42.7 Å². The number of pyridine rings is 2. The first-order valence-electron chi connectivity index (χ1n) is 7.61. The summed E-state index contributed by atoms with van der Waals surface area (Å²) in [6, 6.07) is 9.39. The topological polar surface area (TPSA) is 55.3 Å². The number of ether oxygens (including phenoxy) is 1. The van der Waals surface area contributed by atoms with Crippen molar-refractivity contribution in [3.8, 4) is 5.88 Å². The minimum Gasteiger partial charge on any atom is -0.477 e. The molecule has 0 saturated carbocycles. The van der Waals surface area contributed by atoms with E-state index in [-0.39, 0.29) is 11.9 Å². The van der Waals surface area contributed by atoms with Crippen LogP contribution in [0, 0.1) is 0 Å². The number of rotatable bonds is 4. The Balaban J connectivity index is 1.88. The highest BCUT2D eigenvalue weighted by Crippen LogP contribution is 2.33. The van der Waals surface area contributed by atoms with Crippen LogP contribution in [0.25, 0.3) is 0 Å². The van der Waals surface area contributed by atoms with Crippen LogP contribution in [0.3, 0.4) is 0 Å². The van der Waals surface area contributed by atoms with Gasteiger partial charge in [-0.2, -0.15) is 0 Å². The van der Waals surface area contributed by atoms with Crippen LogP contribution in [-0.4, -0.2) is 33.9 Å². The Kier molecular flexibility index (Phi) is 4.32. The van der Waals surface area contributed by atoms with Gasteiger partial charge in [-0.1, -0.05) is 6.07 Å². The average molecular weight is 297 g/mol. The van der Waals surface area contributed by atoms with Crippen molar-refractivity contribution in [2.75, 3.05) is 13.2 Å². The minimum absolute atomic E-state index is 0.0309. The lowest BCUT2D eigenvalue weighted by Crippen LogP contribution is -2.31. The van der Waals surface area contributed by atoms with E-state index in [0.29, 0.717) is 18.1 Å². The molecule has 1 fully saturated rings. The third kappa shape index (κ3) is 2.79. The van der Waals surface area contributed by atoms with Crippen molar-refractivity contribution in [2.24, 2.45) is 0 Å². The van der Waals surface area contributed by atoms with Gasteiger partial charge in [0.05, 0.1) is 18.3 Å². The zero-order valence-electron chi connectivity index (χ0n) is 12.6. The smallest absolute Gasteiger partial charge is 0.259 e. The van der Waals surface area contributed by atoms with Crippen LogP contribution in [0.5, 0.6) is 5.88 Å². The average Bonchev–Trinajstić information content (AvgIpc) is 3.05. The molecule has 1 aliphatic rings. The van der Waals surface area contributed by atoms with Gasteiger partial charge in [-0.25, -0.2) is 4.98 Å². The molecule has 22 heavy (non-hydrogen) atoms. The molecule has 0 unspecified atom stereocenters. The molecular formula is C17H19N3O2. The fraction of sp³-hybridized carbons (Fsp3) is 0.353. The lowest BCUT2D eigenvalue weighted by molar-refractivity contribution is 0.0727. The first-order chi connectivity index (χ1) is 10.8. The van der Waals surface area contributed by atoms with E-state index in [4.69, 9.17) is 4.74 Å².